The van der Waals surface area contributed by atoms with E-state index in [0.717, 1.165) is 36.4 Å². The van der Waals surface area contributed by atoms with Crippen molar-refractivity contribution >= 4 is 50.9 Å². The van der Waals surface area contributed by atoms with E-state index in [-0.39, 0.29) is 45.6 Å². The monoisotopic (exact) mass is 698 g/mol. The SMILES string of the molecule is Cc1c(C(=O)N2CC[C@@H](C3CCCCC3)[C@H]2C(=O)Nc2ccc3nc(C(=O)NS(=O)(=O)N(C)C)cn3c2)cnn1-c1cccc(Cl)c1F. The van der Waals surface area contributed by atoms with Crippen LogP contribution >= 0.6 is 11.6 Å². The summed E-state index contributed by atoms with van der Waals surface area (Å²) in [5, 5.41) is 7.20. The fraction of sp³-hybridized carbons (Fsp3) is 0.406. The molecule has 0 unspecified atom stereocenters. The number of aromatic nitrogens is 4. The quantitative estimate of drug-likeness (QED) is 0.280. The summed E-state index contributed by atoms with van der Waals surface area (Å²) < 4.78 is 44.7. The molecule has 2 fully saturated rings. The van der Waals surface area contributed by atoms with Gasteiger partial charge in [0.1, 0.15) is 23.1 Å². The number of carbonyl (C=O) groups is 3. The first-order valence-electron chi connectivity index (χ1n) is 15.7. The molecule has 3 aromatic heterocycles. The van der Waals surface area contributed by atoms with Gasteiger partial charge in [0.25, 0.3) is 11.8 Å². The van der Waals surface area contributed by atoms with Crippen molar-refractivity contribution in [1.29, 1.82) is 0 Å². The maximum atomic E-state index is 14.9. The molecule has 254 valence electrons. The van der Waals surface area contributed by atoms with Gasteiger partial charge in [-0.25, -0.2) is 18.8 Å². The molecule has 2 aliphatic rings. The van der Waals surface area contributed by atoms with E-state index in [4.69, 9.17) is 11.6 Å². The van der Waals surface area contributed by atoms with Crippen LogP contribution in [0.1, 0.15) is 65.1 Å². The molecule has 13 nitrogen and oxygen atoms in total. The minimum Gasteiger partial charge on any atom is -0.326 e. The molecule has 1 aliphatic carbocycles. The third-order valence-corrected chi connectivity index (χ3v) is 11.0. The number of hydrogen-bond acceptors (Lipinski definition) is 7. The van der Waals surface area contributed by atoms with E-state index in [1.165, 1.54) is 47.7 Å². The third-order valence-electron chi connectivity index (χ3n) is 9.28. The lowest BCUT2D eigenvalue weighted by molar-refractivity contribution is -0.121. The number of fused-ring (bicyclic) bond motifs is 1. The van der Waals surface area contributed by atoms with Crippen molar-refractivity contribution in [2.24, 2.45) is 11.8 Å². The van der Waals surface area contributed by atoms with Gasteiger partial charge in [-0.1, -0.05) is 49.8 Å². The van der Waals surface area contributed by atoms with Crippen LogP contribution in [0.15, 0.2) is 48.9 Å². The highest BCUT2D eigenvalue weighted by Gasteiger charge is 2.46. The number of likely N-dealkylation sites (tertiary alicyclic amines) is 1. The van der Waals surface area contributed by atoms with E-state index in [1.807, 2.05) is 4.72 Å². The van der Waals surface area contributed by atoms with Crippen molar-refractivity contribution in [3.05, 3.63) is 76.7 Å². The van der Waals surface area contributed by atoms with Gasteiger partial charge in [0, 0.05) is 33.0 Å². The highest BCUT2D eigenvalue weighted by atomic mass is 35.5. The molecule has 4 heterocycles. The zero-order valence-electron chi connectivity index (χ0n) is 26.7. The van der Waals surface area contributed by atoms with E-state index in [0.29, 0.717) is 30.0 Å². The normalized spacial score (nSPS) is 18.8. The van der Waals surface area contributed by atoms with Crippen molar-refractivity contribution in [3.63, 3.8) is 0 Å². The first-order valence-corrected chi connectivity index (χ1v) is 17.5. The van der Waals surface area contributed by atoms with Gasteiger partial charge in [-0.2, -0.15) is 17.8 Å². The molecule has 1 aliphatic heterocycles. The molecule has 16 heteroatoms. The van der Waals surface area contributed by atoms with Gasteiger partial charge in [0.15, 0.2) is 5.82 Å². The number of anilines is 1. The van der Waals surface area contributed by atoms with Crippen molar-refractivity contribution in [3.8, 4) is 5.69 Å². The summed E-state index contributed by atoms with van der Waals surface area (Å²) in [5.74, 6) is -2.04. The van der Waals surface area contributed by atoms with Gasteiger partial charge in [-0.3, -0.25) is 14.4 Å². The number of hydrogen-bond donors (Lipinski definition) is 2. The van der Waals surface area contributed by atoms with Crippen LogP contribution in [0.4, 0.5) is 10.1 Å². The van der Waals surface area contributed by atoms with Crippen LogP contribution in [0.2, 0.25) is 5.02 Å². The number of benzene rings is 1. The van der Waals surface area contributed by atoms with Gasteiger partial charge in [0.2, 0.25) is 5.91 Å². The van der Waals surface area contributed by atoms with Gasteiger partial charge in [-0.15, -0.1) is 0 Å². The number of nitrogens with zero attached hydrogens (tertiary/aromatic N) is 6. The molecule has 1 aromatic carbocycles. The Kier molecular flexibility index (Phi) is 9.29. The average Bonchev–Trinajstić information content (AvgIpc) is 3.79. The molecular formula is C32H36ClFN8O5S. The second kappa shape index (κ2) is 13.3. The average molecular weight is 699 g/mol. The molecule has 3 amide bonds. The van der Waals surface area contributed by atoms with Crippen LogP contribution in [-0.2, 0) is 15.0 Å². The van der Waals surface area contributed by atoms with Gasteiger partial charge in [0.05, 0.1) is 28.2 Å². The van der Waals surface area contributed by atoms with Crippen LogP contribution in [-0.4, -0.2) is 81.2 Å². The van der Waals surface area contributed by atoms with E-state index >= 15 is 0 Å². The molecular weight excluding hydrogens is 663 g/mol. The number of carbonyl (C=O) groups excluding carboxylic acids is 3. The molecule has 4 aromatic rings. The lowest BCUT2D eigenvalue weighted by Crippen LogP contribution is -2.47. The lowest BCUT2D eigenvalue weighted by atomic mass is 9.76. The predicted molar refractivity (Wildman–Crippen MR) is 177 cm³/mol. The minimum atomic E-state index is -4.01. The molecule has 6 rings (SSSR count). The molecule has 48 heavy (non-hydrogen) atoms. The maximum Gasteiger partial charge on any atom is 0.303 e. The van der Waals surface area contributed by atoms with Crippen LogP contribution in [0.5, 0.6) is 0 Å². The standard InChI is InChI=1S/C32H36ClFN8O5S/c1-19-23(16-35-42(19)26-11-7-10-24(33)28(26)34)32(45)41-15-14-22(20-8-5-4-6-9-20)29(41)31(44)36-21-12-13-27-37-25(18-40(27)17-21)30(43)38-48(46,47)39(2)3/h7,10-13,16-18,20,22,29H,4-6,8-9,14-15H2,1-3H3,(H,36,44)(H,38,43)/t22-,29-/m0/s1. The fourth-order valence-electron chi connectivity index (χ4n) is 6.76. The molecule has 0 bridgehead atoms. The Balaban J connectivity index is 1.26. The summed E-state index contributed by atoms with van der Waals surface area (Å²) in [6.45, 7) is 2.05. The summed E-state index contributed by atoms with van der Waals surface area (Å²) in [6.07, 6.45) is 10.3. The predicted octanol–water partition coefficient (Wildman–Crippen LogP) is 4.21. The first-order chi connectivity index (χ1) is 22.9. The molecule has 1 saturated carbocycles. The Morgan fingerprint density at radius 2 is 1.79 bits per heavy atom. The van der Waals surface area contributed by atoms with E-state index in [1.54, 1.807) is 36.2 Å². The third kappa shape index (κ3) is 6.41. The van der Waals surface area contributed by atoms with Gasteiger partial charge < -0.3 is 14.6 Å². The van der Waals surface area contributed by atoms with Gasteiger partial charge >= 0.3 is 10.2 Å². The highest BCUT2D eigenvalue weighted by Crippen LogP contribution is 2.40. The van der Waals surface area contributed by atoms with E-state index in [2.05, 4.69) is 15.4 Å². The van der Waals surface area contributed by atoms with Crippen molar-refractivity contribution in [1.82, 2.24) is 33.1 Å². The molecule has 0 spiro atoms. The lowest BCUT2D eigenvalue weighted by Gasteiger charge is -2.33. The minimum absolute atomic E-state index is 0.0547. The summed E-state index contributed by atoms with van der Waals surface area (Å²) in [5.41, 5.74) is 1.44. The molecule has 1 saturated heterocycles. The van der Waals surface area contributed by atoms with Crippen molar-refractivity contribution in [2.75, 3.05) is 26.0 Å². The number of imidazole rings is 1. The maximum absolute atomic E-state index is 14.9. The van der Waals surface area contributed by atoms with Crippen LogP contribution in [0.3, 0.4) is 0 Å². The number of halogens is 2. The Morgan fingerprint density at radius 1 is 1.04 bits per heavy atom. The number of nitrogens with one attached hydrogen (secondary N) is 2. The van der Waals surface area contributed by atoms with Crippen molar-refractivity contribution in [2.45, 2.75) is 51.5 Å². The number of rotatable bonds is 8. The second-order valence-corrected chi connectivity index (χ2v) is 14.7. The Morgan fingerprint density at radius 3 is 2.52 bits per heavy atom. The number of amides is 3. The molecule has 2 N–H and O–H groups in total. The Bertz CT molecular complexity index is 2010. The van der Waals surface area contributed by atoms with Crippen LogP contribution < -0.4 is 10.0 Å². The Labute approximate surface area is 282 Å². The summed E-state index contributed by atoms with van der Waals surface area (Å²) >= 11 is 6.00. The largest absolute Gasteiger partial charge is 0.326 e. The molecule has 0 radical (unpaired) electrons. The smallest absolute Gasteiger partial charge is 0.303 e. The summed E-state index contributed by atoms with van der Waals surface area (Å²) in [4.78, 5) is 46.6. The van der Waals surface area contributed by atoms with Crippen molar-refractivity contribution < 1.29 is 27.2 Å². The topological polar surface area (TPSA) is 151 Å². The van der Waals surface area contributed by atoms with Gasteiger partial charge in [-0.05, 0) is 49.4 Å². The summed E-state index contributed by atoms with van der Waals surface area (Å²) in [6, 6.07) is 7.02. The Hall–Kier alpha value is -4.34. The van der Waals surface area contributed by atoms with E-state index < -0.39 is 28.0 Å². The first kappa shape index (κ1) is 33.6. The fourth-order valence-corrected chi connectivity index (χ4v) is 7.45. The zero-order chi connectivity index (χ0) is 34.3. The molecule has 2 atom stereocenters. The van der Waals surface area contributed by atoms with Crippen LogP contribution in [0, 0.1) is 24.6 Å². The number of pyridine rings is 1. The highest BCUT2D eigenvalue weighted by molar-refractivity contribution is 7.87. The van der Waals surface area contributed by atoms with Crippen LogP contribution in [0.25, 0.3) is 11.3 Å². The summed E-state index contributed by atoms with van der Waals surface area (Å²) in [7, 11) is -1.43. The second-order valence-electron chi connectivity index (χ2n) is 12.4. The van der Waals surface area contributed by atoms with E-state index in [9.17, 15) is 27.2 Å². The zero-order valence-corrected chi connectivity index (χ0v) is 28.3.